The van der Waals surface area contributed by atoms with E-state index >= 15 is 0 Å². The molecule has 0 aliphatic carbocycles. The van der Waals surface area contributed by atoms with Gasteiger partial charge < -0.3 is 14.3 Å². The van der Waals surface area contributed by atoms with E-state index in [9.17, 15) is 4.79 Å². The zero-order valence-corrected chi connectivity index (χ0v) is 14.8. The molecule has 2 aromatic carbocycles. The van der Waals surface area contributed by atoms with Crippen LogP contribution in [0.5, 0.6) is 0 Å². The van der Waals surface area contributed by atoms with Gasteiger partial charge >= 0.3 is 0 Å². The summed E-state index contributed by atoms with van der Waals surface area (Å²) in [5.74, 6) is -0.224. The molecule has 0 atom stereocenters. The van der Waals surface area contributed by atoms with E-state index in [4.69, 9.17) is 9.68 Å². The number of carbonyl (C=O) groups is 1. The van der Waals surface area contributed by atoms with Crippen LogP contribution in [0.25, 0.3) is 11.1 Å². The Labute approximate surface area is 156 Å². The Morgan fingerprint density at radius 3 is 2.56 bits per heavy atom. The maximum Gasteiger partial charge on any atom is 0.272 e. The summed E-state index contributed by atoms with van der Waals surface area (Å²) >= 11 is 0. The lowest BCUT2D eigenvalue weighted by Crippen LogP contribution is -2.17. The van der Waals surface area contributed by atoms with Crippen molar-refractivity contribution in [2.45, 2.75) is 13.5 Å². The zero-order chi connectivity index (χ0) is 18.8. The van der Waals surface area contributed by atoms with Crippen molar-refractivity contribution in [1.29, 1.82) is 5.26 Å². The fourth-order valence-corrected chi connectivity index (χ4v) is 3.03. The monoisotopic (exact) mass is 355 g/mol. The number of carbonyl (C=O) groups excluding carboxylic acids is 1. The molecule has 0 spiro atoms. The Balaban J connectivity index is 1.66. The normalized spacial score (nSPS) is 10.7. The fourth-order valence-electron chi connectivity index (χ4n) is 3.03. The summed E-state index contributed by atoms with van der Waals surface area (Å²) in [6, 6.07) is 20.7. The lowest BCUT2D eigenvalue weighted by atomic mass is 10.1. The molecule has 0 bridgehead atoms. The van der Waals surface area contributed by atoms with Gasteiger partial charge in [0.2, 0.25) is 0 Å². The van der Waals surface area contributed by atoms with Crippen LogP contribution in [-0.4, -0.2) is 10.5 Å². The molecule has 4 rings (SSSR count). The maximum absolute atomic E-state index is 12.9. The summed E-state index contributed by atoms with van der Waals surface area (Å²) < 4.78 is 7.44. The molecule has 0 saturated carbocycles. The van der Waals surface area contributed by atoms with Crippen LogP contribution in [0, 0.1) is 18.3 Å². The largest absolute Gasteiger partial charge is 0.463 e. The third-order valence-corrected chi connectivity index (χ3v) is 4.49. The molecule has 0 aliphatic rings. The van der Waals surface area contributed by atoms with Crippen LogP contribution in [0.1, 0.15) is 27.2 Å². The second-order valence-corrected chi connectivity index (χ2v) is 6.41. The SMILES string of the molecule is Cc1ccc(Cn2c(C(=O)Nc3ccc(C#N)cc3)cc3occc32)cc1. The highest BCUT2D eigenvalue weighted by atomic mass is 16.3. The van der Waals surface area contributed by atoms with E-state index in [1.54, 1.807) is 36.6 Å². The molecule has 0 saturated heterocycles. The molecule has 0 radical (unpaired) electrons. The molecule has 0 unspecified atom stereocenters. The predicted octanol–water partition coefficient (Wildman–Crippen LogP) is 4.72. The molecule has 132 valence electrons. The summed E-state index contributed by atoms with van der Waals surface area (Å²) in [6.45, 7) is 2.61. The number of benzene rings is 2. The number of nitrogens with one attached hydrogen (secondary N) is 1. The standard InChI is InChI=1S/C22H17N3O2/c1-15-2-4-17(5-3-15)14-25-19-10-11-27-21(19)12-20(25)22(26)24-18-8-6-16(13-23)7-9-18/h2-12H,14H2,1H3,(H,24,26). The number of furan rings is 1. The van der Waals surface area contributed by atoms with Crippen molar-refractivity contribution in [2.75, 3.05) is 5.32 Å². The first-order valence-corrected chi connectivity index (χ1v) is 8.58. The first-order valence-electron chi connectivity index (χ1n) is 8.58. The summed E-state index contributed by atoms with van der Waals surface area (Å²) in [7, 11) is 0. The van der Waals surface area contributed by atoms with Crippen LogP contribution in [-0.2, 0) is 6.54 Å². The third kappa shape index (κ3) is 3.33. The van der Waals surface area contributed by atoms with E-state index in [0.29, 0.717) is 29.1 Å². The van der Waals surface area contributed by atoms with E-state index in [1.165, 1.54) is 5.56 Å². The lowest BCUT2D eigenvalue weighted by Gasteiger charge is -2.11. The molecule has 1 amide bonds. The predicted molar refractivity (Wildman–Crippen MR) is 104 cm³/mol. The van der Waals surface area contributed by atoms with Crippen molar-refractivity contribution in [2.24, 2.45) is 0 Å². The second kappa shape index (κ2) is 6.85. The Bertz CT molecular complexity index is 1140. The second-order valence-electron chi connectivity index (χ2n) is 6.41. The van der Waals surface area contributed by atoms with Crippen LogP contribution in [0.4, 0.5) is 5.69 Å². The van der Waals surface area contributed by atoms with E-state index in [2.05, 4.69) is 35.7 Å². The number of nitriles is 1. The molecule has 2 heterocycles. The number of nitrogens with zero attached hydrogens (tertiary/aromatic N) is 2. The fraction of sp³-hybridized carbons (Fsp3) is 0.0909. The van der Waals surface area contributed by atoms with Crippen LogP contribution >= 0.6 is 0 Å². The van der Waals surface area contributed by atoms with Crippen molar-refractivity contribution < 1.29 is 9.21 Å². The number of fused-ring (bicyclic) bond motifs is 1. The first-order chi connectivity index (χ1) is 13.1. The molecule has 0 aliphatic heterocycles. The van der Waals surface area contributed by atoms with Gasteiger partial charge in [-0.1, -0.05) is 29.8 Å². The number of hydrogen-bond donors (Lipinski definition) is 1. The van der Waals surface area contributed by atoms with Gasteiger partial charge in [0.05, 0.1) is 23.4 Å². The average molecular weight is 355 g/mol. The molecular weight excluding hydrogens is 338 g/mol. The van der Waals surface area contributed by atoms with Gasteiger partial charge in [0.1, 0.15) is 5.69 Å². The molecule has 5 nitrogen and oxygen atoms in total. The Morgan fingerprint density at radius 2 is 1.85 bits per heavy atom. The number of rotatable bonds is 4. The average Bonchev–Trinajstić information content (AvgIpc) is 3.27. The van der Waals surface area contributed by atoms with Gasteiger partial charge in [0, 0.05) is 24.4 Å². The summed E-state index contributed by atoms with van der Waals surface area (Å²) in [5, 5.41) is 11.8. The lowest BCUT2D eigenvalue weighted by molar-refractivity contribution is 0.101. The van der Waals surface area contributed by atoms with Gasteiger partial charge in [-0.15, -0.1) is 0 Å². The van der Waals surface area contributed by atoms with Crippen LogP contribution < -0.4 is 5.32 Å². The quantitative estimate of drug-likeness (QED) is 0.576. The van der Waals surface area contributed by atoms with Gasteiger partial charge in [0.25, 0.3) is 5.91 Å². The molecule has 27 heavy (non-hydrogen) atoms. The molecule has 1 N–H and O–H groups in total. The Kier molecular flexibility index (Phi) is 4.23. The number of anilines is 1. The Morgan fingerprint density at radius 1 is 1.11 bits per heavy atom. The molecule has 2 aromatic heterocycles. The Hall–Kier alpha value is -3.78. The van der Waals surface area contributed by atoms with Crippen molar-refractivity contribution >= 4 is 22.7 Å². The highest BCUT2D eigenvalue weighted by molar-refractivity contribution is 6.05. The maximum atomic E-state index is 12.9. The number of hydrogen-bond acceptors (Lipinski definition) is 3. The van der Waals surface area contributed by atoms with E-state index in [-0.39, 0.29) is 5.91 Å². The van der Waals surface area contributed by atoms with E-state index < -0.39 is 0 Å². The summed E-state index contributed by atoms with van der Waals surface area (Å²) in [6.07, 6.45) is 1.62. The number of aryl methyl sites for hydroxylation is 1. The number of amides is 1. The first kappa shape index (κ1) is 16.7. The van der Waals surface area contributed by atoms with Gasteiger partial charge in [-0.2, -0.15) is 5.26 Å². The minimum absolute atomic E-state index is 0.224. The van der Waals surface area contributed by atoms with Gasteiger partial charge in [-0.25, -0.2) is 0 Å². The molecule has 5 heteroatoms. The van der Waals surface area contributed by atoms with Crippen LogP contribution in [0.3, 0.4) is 0 Å². The van der Waals surface area contributed by atoms with Crippen molar-refractivity contribution in [3.8, 4) is 6.07 Å². The van der Waals surface area contributed by atoms with Gasteiger partial charge in [0.15, 0.2) is 5.58 Å². The highest BCUT2D eigenvalue weighted by Crippen LogP contribution is 2.23. The highest BCUT2D eigenvalue weighted by Gasteiger charge is 2.18. The summed E-state index contributed by atoms with van der Waals surface area (Å²) in [5.41, 5.74) is 5.55. The van der Waals surface area contributed by atoms with Crippen molar-refractivity contribution in [1.82, 2.24) is 4.57 Å². The summed E-state index contributed by atoms with van der Waals surface area (Å²) in [4.78, 5) is 12.9. The van der Waals surface area contributed by atoms with E-state index in [1.807, 2.05) is 17.6 Å². The minimum atomic E-state index is -0.224. The molecule has 4 aromatic rings. The zero-order valence-electron chi connectivity index (χ0n) is 14.8. The minimum Gasteiger partial charge on any atom is -0.463 e. The third-order valence-electron chi connectivity index (χ3n) is 4.49. The van der Waals surface area contributed by atoms with Gasteiger partial charge in [-0.05, 0) is 36.8 Å². The van der Waals surface area contributed by atoms with Gasteiger partial charge in [-0.3, -0.25) is 4.79 Å². The van der Waals surface area contributed by atoms with Crippen molar-refractivity contribution in [3.05, 3.63) is 89.3 Å². The van der Waals surface area contributed by atoms with E-state index in [0.717, 1.165) is 11.1 Å². The van der Waals surface area contributed by atoms with Crippen LogP contribution in [0.2, 0.25) is 0 Å². The van der Waals surface area contributed by atoms with Crippen molar-refractivity contribution in [3.63, 3.8) is 0 Å². The molecular formula is C22H17N3O2. The molecule has 0 fully saturated rings. The topological polar surface area (TPSA) is 71.0 Å². The number of aromatic nitrogens is 1. The smallest absolute Gasteiger partial charge is 0.272 e. The van der Waals surface area contributed by atoms with Crippen LogP contribution in [0.15, 0.2) is 71.3 Å².